The largest absolute Gasteiger partial charge is 0.377 e. The zero-order valence-electron chi connectivity index (χ0n) is 13.2. The molecule has 0 aliphatic carbocycles. The monoisotopic (exact) mass is 312 g/mol. The number of morpholine rings is 1. The molecule has 23 heavy (non-hydrogen) atoms. The van der Waals surface area contributed by atoms with Crippen LogP contribution in [-0.4, -0.2) is 54.0 Å². The summed E-state index contributed by atoms with van der Waals surface area (Å²) in [6.07, 6.45) is 4.70. The summed E-state index contributed by atoms with van der Waals surface area (Å²) in [5.74, 6) is 1.73. The molecule has 1 fully saturated rings. The lowest BCUT2D eigenvalue weighted by Gasteiger charge is -2.35. The van der Waals surface area contributed by atoms with Crippen LogP contribution in [0.3, 0.4) is 0 Å². The Hall–Kier alpha value is -2.05. The average molecular weight is 312 g/mol. The van der Waals surface area contributed by atoms with Gasteiger partial charge >= 0.3 is 0 Å². The normalized spacial score (nSPS) is 22.2. The predicted octanol–water partition coefficient (Wildman–Crippen LogP) is 2.05. The third-order valence-electron chi connectivity index (χ3n) is 4.34. The summed E-state index contributed by atoms with van der Waals surface area (Å²) >= 11 is 0. The highest BCUT2D eigenvalue weighted by molar-refractivity contribution is 5.88. The first-order valence-corrected chi connectivity index (χ1v) is 8.07. The van der Waals surface area contributed by atoms with E-state index in [2.05, 4.69) is 27.9 Å². The maximum absolute atomic E-state index is 5.56. The number of aromatic nitrogens is 3. The van der Waals surface area contributed by atoms with Crippen molar-refractivity contribution < 1.29 is 9.47 Å². The molecule has 0 unspecified atom stereocenters. The molecule has 1 saturated heterocycles. The van der Waals surface area contributed by atoms with Gasteiger partial charge < -0.3 is 14.4 Å². The summed E-state index contributed by atoms with van der Waals surface area (Å²) < 4.78 is 11.0. The van der Waals surface area contributed by atoms with E-state index in [1.54, 1.807) is 6.20 Å². The van der Waals surface area contributed by atoms with Gasteiger partial charge in [-0.1, -0.05) is 6.08 Å². The molecular weight excluding hydrogens is 292 g/mol. The molecule has 6 nitrogen and oxygen atoms in total. The van der Waals surface area contributed by atoms with Crippen molar-refractivity contribution in [2.24, 2.45) is 0 Å². The van der Waals surface area contributed by atoms with E-state index < -0.39 is 0 Å². The van der Waals surface area contributed by atoms with Gasteiger partial charge in [0.05, 0.1) is 37.9 Å². The van der Waals surface area contributed by atoms with Crippen molar-refractivity contribution in [3.8, 4) is 0 Å². The molecule has 2 aliphatic rings. The van der Waals surface area contributed by atoms with Crippen LogP contribution in [0.25, 0.3) is 16.6 Å². The van der Waals surface area contributed by atoms with Crippen LogP contribution in [0.5, 0.6) is 0 Å². The van der Waals surface area contributed by atoms with E-state index in [4.69, 9.17) is 14.5 Å². The fourth-order valence-electron chi connectivity index (χ4n) is 3.08. The van der Waals surface area contributed by atoms with Crippen molar-refractivity contribution in [1.29, 1.82) is 0 Å². The van der Waals surface area contributed by atoms with Crippen LogP contribution in [0, 0.1) is 0 Å². The minimum absolute atomic E-state index is 0.290. The van der Waals surface area contributed by atoms with Crippen molar-refractivity contribution in [3.63, 3.8) is 0 Å². The number of hydrogen-bond donors (Lipinski definition) is 0. The fraction of sp³-hybridized carbons (Fsp3) is 0.471. The van der Waals surface area contributed by atoms with E-state index in [0.717, 1.165) is 61.0 Å². The van der Waals surface area contributed by atoms with Gasteiger partial charge in [0.1, 0.15) is 5.82 Å². The molecule has 4 rings (SSSR count). The predicted molar refractivity (Wildman–Crippen MR) is 88.4 cm³/mol. The maximum Gasteiger partial charge on any atom is 0.165 e. The van der Waals surface area contributed by atoms with E-state index in [1.165, 1.54) is 0 Å². The molecule has 120 valence electrons. The molecular formula is C17H20N4O2. The Balaban J connectivity index is 1.85. The van der Waals surface area contributed by atoms with E-state index in [9.17, 15) is 0 Å². The molecule has 0 N–H and O–H groups in total. The minimum Gasteiger partial charge on any atom is -0.377 e. The smallest absolute Gasteiger partial charge is 0.165 e. The zero-order valence-corrected chi connectivity index (χ0v) is 13.2. The van der Waals surface area contributed by atoms with Gasteiger partial charge in [-0.3, -0.25) is 0 Å². The Morgan fingerprint density at radius 3 is 3.00 bits per heavy atom. The summed E-state index contributed by atoms with van der Waals surface area (Å²) in [6, 6.07) is 4.27. The van der Waals surface area contributed by atoms with Gasteiger partial charge in [-0.15, -0.1) is 0 Å². The second-order valence-corrected chi connectivity index (χ2v) is 5.92. The average Bonchev–Trinajstić information content (AvgIpc) is 2.62. The Morgan fingerprint density at radius 1 is 1.22 bits per heavy atom. The number of ether oxygens (including phenoxy) is 2. The molecule has 4 heterocycles. The van der Waals surface area contributed by atoms with Crippen molar-refractivity contribution >= 4 is 22.4 Å². The first kappa shape index (κ1) is 14.5. The highest BCUT2D eigenvalue weighted by Gasteiger charge is 2.24. The van der Waals surface area contributed by atoms with Crippen LogP contribution in [-0.2, 0) is 9.47 Å². The van der Waals surface area contributed by atoms with Crippen LogP contribution >= 0.6 is 0 Å². The number of nitrogens with zero attached hydrogens (tertiary/aromatic N) is 4. The van der Waals surface area contributed by atoms with Crippen LogP contribution in [0.4, 0.5) is 5.82 Å². The summed E-state index contributed by atoms with van der Waals surface area (Å²) in [4.78, 5) is 16.3. The SMILES string of the molecule is C[C@H]1COCCN1c1nc(C2=CCOCC2)nc2ncccc12. The molecule has 6 heteroatoms. The van der Waals surface area contributed by atoms with Crippen LogP contribution < -0.4 is 4.90 Å². The quantitative estimate of drug-likeness (QED) is 0.846. The molecule has 2 aromatic rings. The third kappa shape index (κ3) is 2.80. The van der Waals surface area contributed by atoms with Gasteiger partial charge in [0.25, 0.3) is 0 Å². The lowest BCUT2D eigenvalue weighted by molar-refractivity contribution is 0.0986. The molecule has 2 aliphatic heterocycles. The number of pyridine rings is 1. The second kappa shape index (κ2) is 6.22. The second-order valence-electron chi connectivity index (χ2n) is 5.92. The summed E-state index contributed by atoms with van der Waals surface area (Å²) in [6.45, 7) is 5.79. The highest BCUT2D eigenvalue weighted by atomic mass is 16.5. The summed E-state index contributed by atoms with van der Waals surface area (Å²) in [5, 5.41) is 0.998. The van der Waals surface area contributed by atoms with Gasteiger partial charge in [0.15, 0.2) is 11.5 Å². The van der Waals surface area contributed by atoms with Gasteiger partial charge in [0, 0.05) is 12.7 Å². The molecule has 0 amide bonds. The van der Waals surface area contributed by atoms with Crippen LogP contribution in [0.1, 0.15) is 19.2 Å². The summed E-state index contributed by atoms with van der Waals surface area (Å²) in [5.41, 5.74) is 1.89. The number of fused-ring (bicyclic) bond motifs is 1. The van der Waals surface area contributed by atoms with Gasteiger partial charge in [-0.25, -0.2) is 15.0 Å². The standard InChI is InChI=1S/C17H20N4O2/c1-12-11-23-10-7-21(12)17-14-3-2-6-18-16(14)19-15(20-17)13-4-8-22-9-5-13/h2-4,6,12H,5,7-11H2,1H3/t12-/m0/s1. The van der Waals surface area contributed by atoms with Crippen molar-refractivity contribution in [3.05, 3.63) is 30.2 Å². The molecule has 2 aromatic heterocycles. The van der Waals surface area contributed by atoms with Crippen LogP contribution in [0.2, 0.25) is 0 Å². The van der Waals surface area contributed by atoms with Gasteiger partial charge in [-0.2, -0.15) is 0 Å². The Morgan fingerprint density at radius 2 is 2.17 bits per heavy atom. The van der Waals surface area contributed by atoms with Crippen molar-refractivity contribution in [2.75, 3.05) is 37.9 Å². The minimum atomic E-state index is 0.290. The molecule has 0 radical (unpaired) electrons. The Labute approximate surface area is 135 Å². The fourth-order valence-corrected chi connectivity index (χ4v) is 3.08. The van der Waals surface area contributed by atoms with Crippen molar-refractivity contribution in [1.82, 2.24) is 15.0 Å². The lowest BCUT2D eigenvalue weighted by Crippen LogP contribution is -2.44. The first-order valence-electron chi connectivity index (χ1n) is 8.07. The Bertz CT molecular complexity index is 746. The van der Waals surface area contributed by atoms with Gasteiger partial charge in [-0.05, 0) is 31.1 Å². The van der Waals surface area contributed by atoms with E-state index in [-0.39, 0.29) is 0 Å². The molecule has 0 aromatic carbocycles. The zero-order chi connectivity index (χ0) is 15.6. The summed E-state index contributed by atoms with van der Waals surface area (Å²) in [7, 11) is 0. The molecule has 0 spiro atoms. The van der Waals surface area contributed by atoms with E-state index in [0.29, 0.717) is 12.6 Å². The number of anilines is 1. The molecule has 1 atom stereocenters. The maximum atomic E-state index is 5.56. The third-order valence-corrected chi connectivity index (χ3v) is 4.34. The first-order chi connectivity index (χ1) is 11.3. The van der Waals surface area contributed by atoms with Crippen LogP contribution in [0.15, 0.2) is 24.4 Å². The number of hydrogen-bond acceptors (Lipinski definition) is 6. The lowest BCUT2D eigenvalue weighted by atomic mass is 10.1. The van der Waals surface area contributed by atoms with E-state index >= 15 is 0 Å². The molecule has 0 bridgehead atoms. The van der Waals surface area contributed by atoms with Gasteiger partial charge in [0.2, 0.25) is 0 Å². The Kier molecular flexibility index (Phi) is 3.93. The highest BCUT2D eigenvalue weighted by Crippen LogP contribution is 2.28. The molecule has 0 saturated carbocycles. The number of rotatable bonds is 2. The topological polar surface area (TPSA) is 60.4 Å². The van der Waals surface area contributed by atoms with Crippen molar-refractivity contribution in [2.45, 2.75) is 19.4 Å². The van der Waals surface area contributed by atoms with E-state index in [1.807, 2.05) is 12.1 Å².